The number of Topliss-reactive ketones (excluding diaryl/α,β-unsaturated/α-hetero) is 1. The summed E-state index contributed by atoms with van der Waals surface area (Å²) in [6, 6.07) is 29.7. The average molecular weight is 861 g/mol. The molecular formula is C43H51F3N2O9S2. The Hall–Kier alpha value is -4.77. The standard InChI is InChI=1S/C22H27NO4S.C19H23NO3S.C2HF3O2/c1-17(24)15-23-13-11-18(12-14-23)16-27-21-7-3-19(4-8-21)20-5-9-22(10-6-20)28(2,25)26;1-24(21,22)19-8-4-17(5-9-19)16-2-6-18(7-3-16)23-14-15-10-12-20-13-11-15;3-2(4,5)1(6)7/h3-10,18H,11-16H2,1-2H3;2-9,15,20H,10-14H2,1H3;(H,6,7). The van der Waals surface area contributed by atoms with Gasteiger partial charge in [0.1, 0.15) is 17.3 Å². The van der Waals surface area contributed by atoms with Gasteiger partial charge in [0, 0.05) is 12.5 Å². The number of carboxylic acid groups (broad SMARTS) is 1. The number of carbonyl (C=O) groups excluding carboxylic acids is 1. The van der Waals surface area contributed by atoms with Gasteiger partial charge < -0.3 is 19.9 Å². The van der Waals surface area contributed by atoms with E-state index in [0.717, 1.165) is 79.4 Å². The van der Waals surface area contributed by atoms with Gasteiger partial charge in [-0.2, -0.15) is 13.2 Å². The molecule has 0 saturated carbocycles. The maximum atomic E-state index is 11.6. The van der Waals surface area contributed by atoms with Crippen molar-refractivity contribution in [2.24, 2.45) is 11.8 Å². The van der Waals surface area contributed by atoms with Crippen LogP contribution in [-0.4, -0.2) is 103 Å². The molecule has 0 amide bonds. The number of carboxylic acids is 1. The van der Waals surface area contributed by atoms with Crippen molar-refractivity contribution in [3.8, 4) is 33.8 Å². The molecule has 0 bridgehead atoms. The minimum absolute atomic E-state index is 0.223. The Kier molecular flexibility index (Phi) is 17.1. The number of ether oxygens (including phenoxy) is 2. The Morgan fingerprint density at radius 3 is 1.27 bits per heavy atom. The highest BCUT2D eigenvalue weighted by Gasteiger charge is 2.38. The number of carbonyl (C=O) groups is 2. The predicted molar refractivity (Wildman–Crippen MR) is 220 cm³/mol. The van der Waals surface area contributed by atoms with Crippen molar-refractivity contribution in [1.29, 1.82) is 0 Å². The SMILES string of the molecule is CC(=O)CN1CCC(COc2ccc(-c3ccc(S(C)(=O)=O)cc3)cc2)CC1.CS(=O)(=O)c1ccc(-c2ccc(OCC3CCNCC3)cc2)cc1.O=C(O)C(F)(F)F. The summed E-state index contributed by atoms with van der Waals surface area (Å²) < 4.78 is 89.7. The number of alkyl halides is 3. The summed E-state index contributed by atoms with van der Waals surface area (Å²) in [5.41, 5.74) is 4.03. The number of nitrogens with one attached hydrogen (secondary N) is 1. The van der Waals surface area contributed by atoms with Gasteiger partial charge in [0.05, 0.1) is 29.5 Å². The number of aliphatic carboxylic acids is 1. The smallest absolute Gasteiger partial charge is 0.490 e. The fourth-order valence-electron chi connectivity index (χ4n) is 6.38. The monoisotopic (exact) mass is 860 g/mol. The number of piperidine rings is 2. The van der Waals surface area contributed by atoms with Crippen molar-refractivity contribution in [2.45, 2.75) is 48.6 Å². The first kappa shape index (κ1) is 46.9. The number of hydrogen-bond donors (Lipinski definition) is 2. The second kappa shape index (κ2) is 21.5. The number of sulfone groups is 2. The number of benzene rings is 4. The van der Waals surface area contributed by atoms with Crippen LogP contribution in [0.5, 0.6) is 11.5 Å². The van der Waals surface area contributed by atoms with E-state index in [2.05, 4.69) is 10.2 Å². The van der Waals surface area contributed by atoms with E-state index >= 15 is 0 Å². The van der Waals surface area contributed by atoms with Crippen LogP contribution in [0.4, 0.5) is 13.2 Å². The molecule has 2 heterocycles. The quantitative estimate of drug-likeness (QED) is 0.149. The maximum Gasteiger partial charge on any atom is 0.490 e. The predicted octanol–water partition coefficient (Wildman–Crippen LogP) is 7.21. The first-order valence-corrected chi connectivity index (χ1v) is 22.9. The number of nitrogens with zero attached hydrogens (tertiary/aromatic N) is 1. The summed E-state index contributed by atoms with van der Waals surface area (Å²) in [7, 11) is -6.33. The summed E-state index contributed by atoms with van der Waals surface area (Å²) in [5.74, 6) is 0.335. The van der Waals surface area contributed by atoms with Gasteiger partial charge >= 0.3 is 12.1 Å². The Balaban J connectivity index is 0.000000226. The Bertz CT molecular complexity index is 2170. The molecule has 2 aliphatic heterocycles. The van der Waals surface area contributed by atoms with E-state index in [1.54, 1.807) is 31.2 Å². The first-order valence-electron chi connectivity index (χ1n) is 19.1. The molecule has 4 aromatic carbocycles. The maximum absolute atomic E-state index is 11.6. The molecule has 0 atom stereocenters. The third-order valence-electron chi connectivity index (χ3n) is 9.77. The molecule has 16 heteroatoms. The van der Waals surface area contributed by atoms with Crippen LogP contribution >= 0.6 is 0 Å². The molecule has 2 N–H and O–H groups in total. The zero-order valence-corrected chi connectivity index (χ0v) is 34.9. The summed E-state index contributed by atoms with van der Waals surface area (Å²) in [4.78, 5) is 23.0. The van der Waals surface area contributed by atoms with Gasteiger partial charge in [-0.1, -0.05) is 48.5 Å². The van der Waals surface area contributed by atoms with E-state index in [-0.39, 0.29) is 5.78 Å². The van der Waals surface area contributed by atoms with Crippen molar-refractivity contribution in [3.05, 3.63) is 97.1 Å². The van der Waals surface area contributed by atoms with Crippen LogP contribution in [0.1, 0.15) is 32.6 Å². The molecule has 0 unspecified atom stereocenters. The third kappa shape index (κ3) is 16.1. The zero-order valence-electron chi connectivity index (χ0n) is 33.3. The Morgan fingerprint density at radius 2 is 0.966 bits per heavy atom. The number of likely N-dealkylation sites (tertiary alicyclic amines) is 1. The lowest BCUT2D eigenvalue weighted by Gasteiger charge is -2.31. The van der Waals surface area contributed by atoms with E-state index in [0.29, 0.717) is 34.8 Å². The third-order valence-corrected chi connectivity index (χ3v) is 12.0. The van der Waals surface area contributed by atoms with E-state index in [4.69, 9.17) is 19.4 Å². The van der Waals surface area contributed by atoms with Gasteiger partial charge in [0.15, 0.2) is 19.7 Å². The van der Waals surface area contributed by atoms with Crippen LogP contribution in [0.3, 0.4) is 0 Å². The number of hydrogen-bond acceptors (Lipinski definition) is 10. The Morgan fingerprint density at radius 1 is 0.644 bits per heavy atom. The van der Waals surface area contributed by atoms with Crippen molar-refractivity contribution >= 4 is 31.4 Å². The molecule has 2 aliphatic rings. The van der Waals surface area contributed by atoms with E-state index in [9.17, 15) is 34.8 Å². The molecule has 6 rings (SSSR count). The lowest BCUT2D eigenvalue weighted by molar-refractivity contribution is -0.192. The van der Waals surface area contributed by atoms with Gasteiger partial charge in [0.25, 0.3) is 0 Å². The molecule has 2 saturated heterocycles. The van der Waals surface area contributed by atoms with Crippen LogP contribution in [0.25, 0.3) is 22.3 Å². The van der Waals surface area contributed by atoms with E-state index in [1.165, 1.54) is 25.4 Å². The molecule has 11 nitrogen and oxygen atoms in total. The number of halogens is 3. The van der Waals surface area contributed by atoms with Gasteiger partial charge in [-0.3, -0.25) is 9.69 Å². The second-order valence-corrected chi connectivity index (χ2v) is 18.7. The Labute approximate surface area is 344 Å². The molecule has 2 fully saturated rings. The summed E-state index contributed by atoms with van der Waals surface area (Å²) in [6.45, 7) is 7.72. The fraction of sp³-hybridized carbons (Fsp3) is 0.395. The average Bonchev–Trinajstić information content (AvgIpc) is 3.20. The topological polar surface area (TPSA) is 156 Å². The number of ketones is 1. The van der Waals surface area contributed by atoms with Gasteiger partial charge in [-0.25, -0.2) is 21.6 Å². The van der Waals surface area contributed by atoms with Gasteiger partial charge in [-0.05, 0) is 141 Å². The van der Waals surface area contributed by atoms with E-state index < -0.39 is 31.8 Å². The van der Waals surface area contributed by atoms with Crippen molar-refractivity contribution in [3.63, 3.8) is 0 Å². The van der Waals surface area contributed by atoms with Crippen molar-refractivity contribution in [1.82, 2.24) is 10.2 Å². The molecule has 320 valence electrons. The molecule has 0 radical (unpaired) electrons. The highest BCUT2D eigenvalue weighted by Crippen LogP contribution is 2.27. The van der Waals surface area contributed by atoms with Crippen LogP contribution in [0.2, 0.25) is 0 Å². The van der Waals surface area contributed by atoms with Crippen LogP contribution in [0.15, 0.2) is 107 Å². The second-order valence-electron chi connectivity index (χ2n) is 14.7. The van der Waals surface area contributed by atoms with Crippen LogP contribution < -0.4 is 14.8 Å². The fourth-order valence-corrected chi connectivity index (χ4v) is 7.64. The molecule has 0 aromatic heterocycles. The highest BCUT2D eigenvalue weighted by molar-refractivity contribution is 7.91. The summed E-state index contributed by atoms with van der Waals surface area (Å²) >= 11 is 0. The van der Waals surface area contributed by atoms with Crippen LogP contribution in [0, 0.1) is 11.8 Å². The molecule has 0 aliphatic carbocycles. The lowest BCUT2D eigenvalue weighted by atomic mass is 9.97. The molecule has 0 spiro atoms. The van der Waals surface area contributed by atoms with Gasteiger partial charge in [-0.15, -0.1) is 0 Å². The molecular weight excluding hydrogens is 810 g/mol. The first-order chi connectivity index (χ1) is 27.8. The molecule has 4 aromatic rings. The van der Waals surface area contributed by atoms with Crippen LogP contribution in [-0.2, 0) is 29.3 Å². The summed E-state index contributed by atoms with van der Waals surface area (Å²) in [6.07, 6.45) is 1.80. The zero-order chi connectivity index (χ0) is 43.2. The minimum Gasteiger partial charge on any atom is -0.493 e. The minimum atomic E-state index is -5.08. The molecule has 59 heavy (non-hydrogen) atoms. The van der Waals surface area contributed by atoms with E-state index in [1.807, 2.05) is 72.8 Å². The normalized spacial score (nSPS) is 15.5. The number of rotatable bonds is 12. The van der Waals surface area contributed by atoms with Gasteiger partial charge in [0.2, 0.25) is 0 Å². The van der Waals surface area contributed by atoms with Crippen molar-refractivity contribution in [2.75, 3.05) is 58.4 Å². The largest absolute Gasteiger partial charge is 0.493 e. The summed E-state index contributed by atoms with van der Waals surface area (Å²) in [5, 5.41) is 10.5. The van der Waals surface area contributed by atoms with Crippen molar-refractivity contribution < 1.29 is 54.2 Å². The highest BCUT2D eigenvalue weighted by atomic mass is 32.2. The lowest BCUT2D eigenvalue weighted by Crippen LogP contribution is -2.38.